The SMILES string of the molecule is CC(C(=O)Nc1ccc2[nH]ncc2c1)N1CCN(C(=O)OCc2ccc(Cl)cc2)CC1. The van der Waals surface area contributed by atoms with E-state index in [1.54, 1.807) is 23.2 Å². The van der Waals surface area contributed by atoms with E-state index in [1.807, 2.05) is 37.3 Å². The van der Waals surface area contributed by atoms with Crippen LogP contribution in [0.3, 0.4) is 0 Å². The number of halogens is 1. The molecule has 2 amide bonds. The minimum Gasteiger partial charge on any atom is -0.445 e. The fraction of sp³-hybridized carbons (Fsp3) is 0.318. The molecule has 8 nitrogen and oxygen atoms in total. The summed E-state index contributed by atoms with van der Waals surface area (Å²) in [5.74, 6) is -0.0818. The van der Waals surface area contributed by atoms with Crippen molar-refractivity contribution in [2.24, 2.45) is 0 Å². The molecule has 162 valence electrons. The standard InChI is InChI=1S/C22H24ClN5O3/c1-15(21(29)25-19-6-7-20-17(12-19)13-24-26-20)27-8-10-28(11-9-27)22(30)31-14-16-2-4-18(23)5-3-16/h2-7,12-13,15H,8-11,14H2,1H3,(H,24,26)(H,25,29). The number of carbonyl (C=O) groups is 2. The van der Waals surface area contributed by atoms with Crippen molar-refractivity contribution in [1.82, 2.24) is 20.0 Å². The summed E-state index contributed by atoms with van der Waals surface area (Å²) in [6, 6.07) is 12.5. The van der Waals surface area contributed by atoms with Crippen molar-refractivity contribution in [1.29, 1.82) is 0 Å². The molecule has 1 aromatic heterocycles. The van der Waals surface area contributed by atoms with Gasteiger partial charge in [0.25, 0.3) is 0 Å². The number of piperazine rings is 1. The lowest BCUT2D eigenvalue weighted by Crippen LogP contribution is -2.54. The zero-order chi connectivity index (χ0) is 21.8. The predicted molar refractivity (Wildman–Crippen MR) is 119 cm³/mol. The van der Waals surface area contributed by atoms with Crippen molar-refractivity contribution >= 4 is 40.2 Å². The molecule has 1 saturated heterocycles. The Morgan fingerprint density at radius 1 is 1.16 bits per heavy atom. The van der Waals surface area contributed by atoms with E-state index in [2.05, 4.69) is 20.4 Å². The molecule has 1 fully saturated rings. The van der Waals surface area contributed by atoms with E-state index in [9.17, 15) is 9.59 Å². The van der Waals surface area contributed by atoms with Gasteiger partial charge in [0.1, 0.15) is 6.61 Å². The topological polar surface area (TPSA) is 90.6 Å². The summed E-state index contributed by atoms with van der Waals surface area (Å²) in [6.07, 6.45) is 1.37. The maximum atomic E-state index is 12.7. The highest BCUT2D eigenvalue weighted by Crippen LogP contribution is 2.18. The zero-order valence-electron chi connectivity index (χ0n) is 17.2. The van der Waals surface area contributed by atoms with Crippen LogP contribution in [-0.2, 0) is 16.1 Å². The summed E-state index contributed by atoms with van der Waals surface area (Å²) >= 11 is 5.87. The lowest BCUT2D eigenvalue weighted by atomic mass is 10.2. The molecule has 0 aliphatic carbocycles. The maximum Gasteiger partial charge on any atom is 0.410 e. The molecule has 4 rings (SSSR count). The number of aromatic amines is 1. The highest BCUT2D eigenvalue weighted by atomic mass is 35.5. The van der Waals surface area contributed by atoms with Crippen molar-refractivity contribution in [3.8, 4) is 0 Å². The Kier molecular flexibility index (Phi) is 6.39. The first-order chi connectivity index (χ1) is 15.0. The molecule has 2 N–H and O–H groups in total. The highest BCUT2D eigenvalue weighted by molar-refractivity contribution is 6.30. The summed E-state index contributed by atoms with van der Waals surface area (Å²) in [5, 5.41) is 11.4. The van der Waals surface area contributed by atoms with Gasteiger partial charge in [0, 0.05) is 42.3 Å². The molecule has 3 aromatic rings. The van der Waals surface area contributed by atoms with Gasteiger partial charge in [-0.2, -0.15) is 5.10 Å². The Labute approximate surface area is 185 Å². The van der Waals surface area contributed by atoms with Crippen LogP contribution < -0.4 is 5.32 Å². The fourth-order valence-electron chi connectivity index (χ4n) is 3.54. The van der Waals surface area contributed by atoms with E-state index in [0.717, 1.165) is 22.2 Å². The number of fused-ring (bicyclic) bond motifs is 1. The molecule has 0 bridgehead atoms. The summed E-state index contributed by atoms with van der Waals surface area (Å²) in [6.45, 7) is 4.31. The number of rotatable bonds is 5. The number of amides is 2. The third-order valence-electron chi connectivity index (χ3n) is 5.48. The molecule has 31 heavy (non-hydrogen) atoms. The van der Waals surface area contributed by atoms with Crippen LogP contribution in [0.15, 0.2) is 48.7 Å². The van der Waals surface area contributed by atoms with Crippen LogP contribution in [0, 0.1) is 0 Å². The van der Waals surface area contributed by atoms with Gasteiger partial charge in [-0.25, -0.2) is 4.79 Å². The molecule has 1 aliphatic rings. The lowest BCUT2D eigenvalue weighted by Gasteiger charge is -2.36. The minimum atomic E-state index is -0.347. The Hall–Kier alpha value is -3.10. The first kappa shape index (κ1) is 21.1. The van der Waals surface area contributed by atoms with Crippen LogP contribution in [0.5, 0.6) is 0 Å². The van der Waals surface area contributed by atoms with Gasteiger partial charge in [0.2, 0.25) is 5.91 Å². The van der Waals surface area contributed by atoms with Gasteiger partial charge >= 0.3 is 6.09 Å². The molecule has 2 aromatic carbocycles. The van der Waals surface area contributed by atoms with Gasteiger partial charge in [-0.1, -0.05) is 23.7 Å². The third-order valence-corrected chi connectivity index (χ3v) is 5.73. The molecule has 1 unspecified atom stereocenters. The van der Waals surface area contributed by atoms with Gasteiger partial charge < -0.3 is 15.0 Å². The van der Waals surface area contributed by atoms with Gasteiger partial charge in [-0.15, -0.1) is 0 Å². The van der Waals surface area contributed by atoms with E-state index in [4.69, 9.17) is 16.3 Å². The number of ether oxygens (including phenoxy) is 1. The molecule has 1 atom stereocenters. The summed E-state index contributed by atoms with van der Waals surface area (Å²) in [7, 11) is 0. The first-order valence-corrected chi connectivity index (χ1v) is 10.5. The van der Waals surface area contributed by atoms with Crippen LogP contribution >= 0.6 is 11.6 Å². The van der Waals surface area contributed by atoms with E-state index in [-0.39, 0.29) is 24.6 Å². The molecular formula is C22H24ClN5O3. The van der Waals surface area contributed by atoms with Crippen molar-refractivity contribution in [3.05, 3.63) is 59.2 Å². The van der Waals surface area contributed by atoms with Crippen molar-refractivity contribution in [2.75, 3.05) is 31.5 Å². The van der Waals surface area contributed by atoms with Crippen LogP contribution in [0.25, 0.3) is 10.9 Å². The Balaban J connectivity index is 1.24. The number of aromatic nitrogens is 2. The number of H-pyrrole nitrogens is 1. The fourth-order valence-corrected chi connectivity index (χ4v) is 3.67. The van der Waals surface area contributed by atoms with Gasteiger partial charge in [-0.3, -0.25) is 14.8 Å². The molecule has 0 radical (unpaired) electrons. The highest BCUT2D eigenvalue weighted by Gasteiger charge is 2.28. The number of benzene rings is 2. The number of hydrogen-bond donors (Lipinski definition) is 2. The second-order valence-corrected chi connectivity index (χ2v) is 7.98. The largest absolute Gasteiger partial charge is 0.445 e. The molecule has 0 saturated carbocycles. The van der Waals surface area contributed by atoms with Crippen molar-refractivity contribution in [3.63, 3.8) is 0 Å². The predicted octanol–water partition coefficient (Wildman–Crippen LogP) is 3.50. The normalized spacial score (nSPS) is 15.6. The van der Waals surface area contributed by atoms with Crippen molar-refractivity contribution in [2.45, 2.75) is 19.6 Å². The molecule has 0 spiro atoms. The van der Waals surface area contributed by atoms with Crippen molar-refractivity contribution < 1.29 is 14.3 Å². The van der Waals surface area contributed by atoms with Crippen LogP contribution in [0.1, 0.15) is 12.5 Å². The van der Waals surface area contributed by atoms with Crippen LogP contribution in [-0.4, -0.2) is 64.2 Å². The number of nitrogens with one attached hydrogen (secondary N) is 2. The molecule has 9 heteroatoms. The third kappa shape index (κ3) is 5.15. The molecular weight excluding hydrogens is 418 g/mol. The van der Waals surface area contributed by atoms with E-state index >= 15 is 0 Å². The first-order valence-electron chi connectivity index (χ1n) is 10.1. The van der Waals surface area contributed by atoms with E-state index in [1.165, 1.54) is 0 Å². The molecule has 1 aliphatic heterocycles. The maximum absolute atomic E-state index is 12.7. The molecule has 2 heterocycles. The summed E-state index contributed by atoms with van der Waals surface area (Å²) in [4.78, 5) is 28.8. The average Bonchev–Trinajstić information content (AvgIpc) is 3.26. The van der Waals surface area contributed by atoms with Gasteiger partial charge in [0.15, 0.2) is 0 Å². The Morgan fingerprint density at radius 3 is 2.65 bits per heavy atom. The average molecular weight is 442 g/mol. The van der Waals surface area contributed by atoms with E-state index < -0.39 is 0 Å². The minimum absolute atomic E-state index is 0.0818. The van der Waals surface area contributed by atoms with E-state index in [0.29, 0.717) is 31.2 Å². The summed E-state index contributed by atoms with van der Waals surface area (Å²) < 4.78 is 5.40. The van der Waals surface area contributed by atoms with Gasteiger partial charge in [-0.05, 0) is 42.8 Å². The van der Waals surface area contributed by atoms with Crippen LogP contribution in [0.2, 0.25) is 5.02 Å². The smallest absolute Gasteiger partial charge is 0.410 e. The summed E-state index contributed by atoms with van der Waals surface area (Å²) in [5.41, 5.74) is 2.54. The lowest BCUT2D eigenvalue weighted by molar-refractivity contribution is -0.121. The second-order valence-electron chi connectivity index (χ2n) is 7.54. The monoisotopic (exact) mass is 441 g/mol. The quantitative estimate of drug-likeness (QED) is 0.632. The number of carbonyl (C=O) groups excluding carboxylic acids is 2. The second kappa shape index (κ2) is 9.36. The zero-order valence-corrected chi connectivity index (χ0v) is 17.9. The Morgan fingerprint density at radius 2 is 1.90 bits per heavy atom. The van der Waals surface area contributed by atoms with Gasteiger partial charge in [0.05, 0.1) is 17.8 Å². The number of hydrogen-bond acceptors (Lipinski definition) is 5. The number of anilines is 1. The number of nitrogens with zero attached hydrogens (tertiary/aromatic N) is 3. The Bertz CT molecular complexity index is 1060. The van der Waals surface area contributed by atoms with Crippen LogP contribution in [0.4, 0.5) is 10.5 Å².